The molecule has 0 aliphatic heterocycles. The minimum atomic E-state index is -4.59. The first kappa shape index (κ1) is 22.6. The molecule has 7 heteroatoms. The van der Waals surface area contributed by atoms with Crippen LogP contribution in [0.5, 0.6) is 5.75 Å². The molecule has 0 atom stereocenters. The van der Waals surface area contributed by atoms with Gasteiger partial charge in [-0.05, 0) is 54.0 Å². The van der Waals surface area contributed by atoms with E-state index in [1.165, 1.54) is 13.2 Å². The van der Waals surface area contributed by atoms with Crippen LogP contribution in [0.25, 0.3) is 21.9 Å². The Morgan fingerprint density at radius 1 is 1.00 bits per heavy atom. The Kier molecular flexibility index (Phi) is 6.55. The van der Waals surface area contributed by atoms with Crippen LogP contribution >= 0.6 is 0 Å². The topological polar surface area (TPSA) is 49.8 Å². The predicted octanol–water partition coefficient (Wildman–Crippen LogP) is 5.61. The van der Waals surface area contributed by atoms with Gasteiger partial charge in [0.1, 0.15) is 5.75 Å². The number of hydrogen-bond donors (Lipinski definition) is 1. The number of nitrogens with zero attached hydrogens (tertiary/aromatic N) is 1. The lowest BCUT2D eigenvalue weighted by molar-refractivity contribution is -0.138. The van der Waals surface area contributed by atoms with E-state index in [2.05, 4.69) is 0 Å². The molecule has 4 nitrogen and oxygen atoms in total. The summed E-state index contributed by atoms with van der Waals surface area (Å²) >= 11 is 0. The third kappa shape index (κ3) is 4.82. The van der Waals surface area contributed by atoms with E-state index in [9.17, 15) is 18.0 Å². The van der Waals surface area contributed by atoms with E-state index in [1.54, 1.807) is 61.5 Å². The summed E-state index contributed by atoms with van der Waals surface area (Å²) in [5, 5.41) is 10.4. The van der Waals surface area contributed by atoms with Crippen LogP contribution in [0.3, 0.4) is 0 Å². The van der Waals surface area contributed by atoms with E-state index < -0.39 is 17.7 Å². The van der Waals surface area contributed by atoms with Crippen LogP contribution in [0.4, 0.5) is 13.2 Å². The van der Waals surface area contributed by atoms with Crippen molar-refractivity contribution in [2.45, 2.75) is 25.6 Å². The first-order valence-corrected chi connectivity index (χ1v) is 9.78. The molecule has 31 heavy (non-hydrogen) atoms. The molecule has 3 rings (SSSR count). The minimum absolute atomic E-state index is 0.00432. The van der Waals surface area contributed by atoms with Gasteiger partial charge in [-0.1, -0.05) is 42.5 Å². The van der Waals surface area contributed by atoms with E-state index in [1.807, 2.05) is 0 Å². The smallest absolute Gasteiger partial charge is 0.417 e. The molecule has 1 N–H and O–H groups in total. The third-order valence-electron chi connectivity index (χ3n) is 5.13. The lowest BCUT2D eigenvalue weighted by Crippen LogP contribution is -2.18. The van der Waals surface area contributed by atoms with Crippen molar-refractivity contribution in [3.63, 3.8) is 0 Å². The molecule has 0 unspecified atom stereocenters. The number of methoxy groups -OCH3 is 1. The minimum Gasteiger partial charge on any atom is -0.496 e. The lowest BCUT2D eigenvalue weighted by atomic mass is 9.89. The van der Waals surface area contributed by atoms with Crippen molar-refractivity contribution in [2.75, 3.05) is 21.2 Å². The zero-order chi connectivity index (χ0) is 22.8. The van der Waals surface area contributed by atoms with Gasteiger partial charge in [0, 0.05) is 18.5 Å². The SMILES string of the molecule is COc1ccc(CN(C)C)c(C(F)(F)F)c1-c1cccc2c(CCC(=O)O)cccc12. The van der Waals surface area contributed by atoms with Crippen molar-refractivity contribution in [2.24, 2.45) is 0 Å². The monoisotopic (exact) mass is 431 g/mol. The molecule has 0 aliphatic rings. The van der Waals surface area contributed by atoms with Crippen LogP contribution in [0.1, 0.15) is 23.1 Å². The molecule has 0 saturated carbocycles. The van der Waals surface area contributed by atoms with Crippen LogP contribution in [-0.4, -0.2) is 37.2 Å². The van der Waals surface area contributed by atoms with Gasteiger partial charge in [0.15, 0.2) is 0 Å². The Bertz CT molecular complexity index is 1110. The summed E-state index contributed by atoms with van der Waals surface area (Å²) in [6.45, 7) is 0.125. The number of carbonyl (C=O) groups is 1. The molecule has 0 fully saturated rings. The van der Waals surface area contributed by atoms with Gasteiger partial charge in [-0.25, -0.2) is 0 Å². The second-order valence-electron chi connectivity index (χ2n) is 7.62. The summed E-state index contributed by atoms with van der Waals surface area (Å²) in [5.41, 5.74) is 0.616. The number of benzene rings is 3. The summed E-state index contributed by atoms with van der Waals surface area (Å²) in [5.74, 6) is -0.788. The lowest BCUT2D eigenvalue weighted by Gasteiger charge is -2.23. The van der Waals surface area contributed by atoms with Crippen LogP contribution in [0, 0.1) is 0 Å². The Morgan fingerprint density at radius 3 is 2.29 bits per heavy atom. The Morgan fingerprint density at radius 2 is 1.68 bits per heavy atom. The average molecular weight is 431 g/mol. The van der Waals surface area contributed by atoms with Crippen molar-refractivity contribution in [3.8, 4) is 16.9 Å². The number of carboxylic acids is 1. The summed E-state index contributed by atoms with van der Waals surface area (Å²) in [6, 6.07) is 13.5. The van der Waals surface area contributed by atoms with E-state index in [0.29, 0.717) is 17.4 Å². The van der Waals surface area contributed by atoms with Gasteiger partial charge in [-0.15, -0.1) is 0 Å². The zero-order valence-corrected chi connectivity index (χ0v) is 17.6. The van der Waals surface area contributed by atoms with Crippen LogP contribution in [-0.2, 0) is 23.9 Å². The van der Waals surface area contributed by atoms with Gasteiger partial charge >= 0.3 is 12.1 Å². The highest BCUT2D eigenvalue weighted by Gasteiger charge is 2.38. The first-order valence-electron chi connectivity index (χ1n) is 9.78. The fourth-order valence-corrected chi connectivity index (χ4v) is 3.91. The number of ether oxygens (including phenoxy) is 1. The molecule has 0 spiro atoms. The zero-order valence-electron chi connectivity index (χ0n) is 17.6. The summed E-state index contributed by atoms with van der Waals surface area (Å²) in [6.07, 6.45) is -4.35. The quantitative estimate of drug-likeness (QED) is 0.528. The molecule has 0 bridgehead atoms. The van der Waals surface area contributed by atoms with Crippen molar-refractivity contribution in [1.29, 1.82) is 0 Å². The molecule has 164 valence electrons. The van der Waals surface area contributed by atoms with E-state index >= 15 is 0 Å². The maximum Gasteiger partial charge on any atom is 0.417 e. The highest BCUT2D eigenvalue weighted by atomic mass is 19.4. The second-order valence-corrected chi connectivity index (χ2v) is 7.62. The highest BCUT2D eigenvalue weighted by Crippen LogP contribution is 2.46. The molecular formula is C24H24F3NO3. The summed E-state index contributed by atoms with van der Waals surface area (Å²) < 4.78 is 48.3. The van der Waals surface area contributed by atoms with E-state index in [0.717, 1.165) is 10.9 Å². The number of rotatable bonds is 7. The van der Waals surface area contributed by atoms with Gasteiger partial charge in [0.05, 0.1) is 12.7 Å². The molecule has 3 aromatic rings. The van der Waals surface area contributed by atoms with Gasteiger partial charge in [-0.3, -0.25) is 4.79 Å². The largest absolute Gasteiger partial charge is 0.496 e. The van der Waals surface area contributed by atoms with Crippen molar-refractivity contribution in [1.82, 2.24) is 4.90 Å². The van der Waals surface area contributed by atoms with Crippen molar-refractivity contribution in [3.05, 3.63) is 65.2 Å². The number of carboxylic acid groups (broad SMARTS) is 1. The maximum absolute atomic E-state index is 14.3. The van der Waals surface area contributed by atoms with E-state index in [-0.39, 0.29) is 29.8 Å². The van der Waals surface area contributed by atoms with Crippen molar-refractivity contribution >= 4 is 16.7 Å². The standard InChI is InChI=1S/C24H24F3NO3/c1-28(2)14-16-10-12-20(31-3)22(23(16)24(25,26)27)19-9-5-7-17-15(11-13-21(29)30)6-4-8-18(17)19/h4-10,12H,11,13-14H2,1-3H3,(H,29,30). The fraction of sp³-hybridized carbons (Fsp3) is 0.292. The molecular weight excluding hydrogens is 407 g/mol. The van der Waals surface area contributed by atoms with Gasteiger partial charge in [0.2, 0.25) is 0 Å². The summed E-state index contributed by atoms with van der Waals surface area (Å²) in [7, 11) is 4.79. The average Bonchev–Trinajstić information content (AvgIpc) is 2.70. The number of aryl methyl sites for hydroxylation is 1. The van der Waals surface area contributed by atoms with Crippen LogP contribution < -0.4 is 4.74 Å². The predicted molar refractivity (Wildman–Crippen MR) is 114 cm³/mol. The molecule has 3 aromatic carbocycles. The normalized spacial score (nSPS) is 11.8. The number of halogens is 3. The molecule has 0 aliphatic carbocycles. The van der Waals surface area contributed by atoms with Crippen LogP contribution in [0.15, 0.2) is 48.5 Å². The van der Waals surface area contributed by atoms with Gasteiger partial charge in [-0.2, -0.15) is 13.2 Å². The second kappa shape index (κ2) is 8.98. The highest BCUT2D eigenvalue weighted by molar-refractivity contribution is 6.00. The Hall–Kier alpha value is -3.06. The van der Waals surface area contributed by atoms with Gasteiger partial charge in [0.25, 0.3) is 0 Å². The number of aliphatic carboxylic acids is 1. The summed E-state index contributed by atoms with van der Waals surface area (Å²) in [4.78, 5) is 12.7. The number of hydrogen-bond acceptors (Lipinski definition) is 3. The van der Waals surface area contributed by atoms with Gasteiger partial charge < -0.3 is 14.7 Å². The first-order chi connectivity index (χ1) is 14.6. The number of alkyl halides is 3. The molecule has 0 saturated heterocycles. The maximum atomic E-state index is 14.3. The third-order valence-corrected chi connectivity index (χ3v) is 5.13. The Labute approximate surface area is 178 Å². The van der Waals surface area contributed by atoms with Crippen LogP contribution in [0.2, 0.25) is 0 Å². The molecule has 0 heterocycles. The Balaban J connectivity index is 2.34. The van der Waals surface area contributed by atoms with E-state index in [4.69, 9.17) is 9.84 Å². The molecule has 0 aromatic heterocycles. The molecule has 0 radical (unpaired) electrons. The number of fused-ring (bicyclic) bond motifs is 1. The fourth-order valence-electron chi connectivity index (χ4n) is 3.91. The molecule has 0 amide bonds. The van der Waals surface area contributed by atoms with Crippen molar-refractivity contribution < 1.29 is 27.8 Å².